The Morgan fingerprint density at radius 1 is 1.53 bits per heavy atom. The molecule has 0 radical (unpaired) electrons. The molecule has 0 atom stereocenters. The van der Waals surface area contributed by atoms with Crippen LogP contribution in [0.4, 0.5) is 11.5 Å². The highest BCUT2D eigenvalue weighted by Crippen LogP contribution is 2.15. The molecule has 0 fully saturated rings. The van der Waals surface area contributed by atoms with Gasteiger partial charge in [-0.05, 0) is 23.9 Å². The SMILES string of the molecule is Cc1cnc(NCc2cccs2)cc1N. The van der Waals surface area contributed by atoms with Gasteiger partial charge >= 0.3 is 0 Å². The van der Waals surface area contributed by atoms with E-state index in [1.807, 2.05) is 19.1 Å². The summed E-state index contributed by atoms with van der Waals surface area (Å²) in [7, 11) is 0. The lowest BCUT2D eigenvalue weighted by Gasteiger charge is -2.06. The molecule has 0 amide bonds. The highest BCUT2D eigenvalue weighted by molar-refractivity contribution is 7.09. The third-order valence-electron chi connectivity index (χ3n) is 2.17. The Balaban J connectivity index is 2.02. The maximum atomic E-state index is 5.79. The van der Waals surface area contributed by atoms with Crippen LogP contribution < -0.4 is 11.1 Å². The second kappa shape index (κ2) is 4.31. The molecule has 2 aromatic heterocycles. The molecule has 0 aliphatic rings. The van der Waals surface area contributed by atoms with Gasteiger partial charge in [-0.2, -0.15) is 0 Å². The van der Waals surface area contributed by atoms with Crippen molar-refractivity contribution in [2.75, 3.05) is 11.1 Å². The molecule has 2 heterocycles. The normalized spacial score (nSPS) is 10.2. The fraction of sp³-hybridized carbons (Fsp3) is 0.182. The molecule has 2 rings (SSSR count). The number of nitrogen functional groups attached to an aromatic ring is 1. The summed E-state index contributed by atoms with van der Waals surface area (Å²) in [5, 5.41) is 5.30. The summed E-state index contributed by atoms with van der Waals surface area (Å²) < 4.78 is 0. The number of pyridine rings is 1. The van der Waals surface area contributed by atoms with E-state index in [0.717, 1.165) is 23.6 Å². The van der Waals surface area contributed by atoms with E-state index in [1.165, 1.54) is 4.88 Å². The van der Waals surface area contributed by atoms with Gasteiger partial charge < -0.3 is 11.1 Å². The Morgan fingerprint density at radius 3 is 3.07 bits per heavy atom. The molecule has 4 heteroatoms. The van der Waals surface area contributed by atoms with Gasteiger partial charge in [0.1, 0.15) is 5.82 Å². The number of nitrogens with zero attached hydrogens (tertiary/aromatic N) is 1. The van der Waals surface area contributed by atoms with Crippen molar-refractivity contribution in [1.29, 1.82) is 0 Å². The number of hydrogen-bond acceptors (Lipinski definition) is 4. The molecule has 0 aliphatic carbocycles. The van der Waals surface area contributed by atoms with Gasteiger partial charge in [0.05, 0.1) is 6.54 Å². The molecule has 0 saturated heterocycles. The van der Waals surface area contributed by atoms with Gasteiger partial charge in [0, 0.05) is 22.8 Å². The topological polar surface area (TPSA) is 50.9 Å². The van der Waals surface area contributed by atoms with E-state index in [1.54, 1.807) is 17.5 Å². The summed E-state index contributed by atoms with van der Waals surface area (Å²) in [6.07, 6.45) is 1.78. The van der Waals surface area contributed by atoms with Gasteiger partial charge in [-0.3, -0.25) is 0 Å². The van der Waals surface area contributed by atoms with Crippen molar-refractivity contribution in [3.8, 4) is 0 Å². The maximum Gasteiger partial charge on any atom is 0.128 e. The number of aromatic nitrogens is 1. The molecular weight excluding hydrogens is 206 g/mol. The zero-order valence-corrected chi connectivity index (χ0v) is 9.34. The first kappa shape index (κ1) is 9.98. The molecule has 0 bridgehead atoms. The molecule has 0 aliphatic heterocycles. The van der Waals surface area contributed by atoms with Crippen LogP contribution in [0.3, 0.4) is 0 Å². The lowest BCUT2D eigenvalue weighted by atomic mass is 10.2. The standard InChI is InChI=1S/C11H13N3S/c1-8-6-13-11(5-10(8)12)14-7-9-3-2-4-15-9/h2-6H,7H2,1H3,(H3,12,13,14). The predicted octanol–water partition coefficient (Wildman–Crippen LogP) is 2.65. The van der Waals surface area contributed by atoms with Crippen molar-refractivity contribution < 1.29 is 0 Å². The first-order valence-electron chi connectivity index (χ1n) is 4.74. The zero-order chi connectivity index (χ0) is 10.7. The summed E-state index contributed by atoms with van der Waals surface area (Å²) in [4.78, 5) is 5.54. The van der Waals surface area contributed by atoms with E-state index in [-0.39, 0.29) is 0 Å². The third kappa shape index (κ3) is 2.47. The molecule has 78 valence electrons. The zero-order valence-electron chi connectivity index (χ0n) is 8.53. The number of anilines is 2. The number of thiophene rings is 1. The van der Waals surface area contributed by atoms with Crippen LogP contribution in [-0.2, 0) is 6.54 Å². The molecule has 0 spiro atoms. The third-order valence-corrected chi connectivity index (χ3v) is 3.05. The number of hydrogen-bond donors (Lipinski definition) is 2. The number of nitrogens with one attached hydrogen (secondary N) is 1. The molecule has 0 aromatic carbocycles. The first-order chi connectivity index (χ1) is 7.25. The smallest absolute Gasteiger partial charge is 0.128 e. The Bertz CT molecular complexity index is 437. The number of nitrogens with two attached hydrogens (primary N) is 1. The predicted molar refractivity (Wildman–Crippen MR) is 65.0 cm³/mol. The van der Waals surface area contributed by atoms with Crippen molar-refractivity contribution in [1.82, 2.24) is 4.98 Å². The highest BCUT2D eigenvalue weighted by atomic mass is 32.1. The Morgan fingerprint density at radius 2 is 2.40 bits per heavy atom. The summed E-state index contributed by atoms with van der Waals surface area (Å²) in [6, 6.07) is 6.00. The summed E-state index contributed by atoms with van der Waals surface area (Å²) in [6.45, 7) is 2.75. The van der Waals surface area contributed by atoms with Gasteiger partial charge in [-0.25, -0.2) is 4.98 Å². The van der Waals surface area contributed by atoms with Crippen molar-refractivity contribution in [3.63, 3.8) is 0 Å². The van der Waals surface area contributed by atoms with Gasteiger partial charge in [0.2, 0.25) is 0 Å². The van der Waals surface area contributed by atoms with Crippen LogP contribution in [-0.4, -0.2) is 4.98 Å². The second-order valence-corrected chi connectivity index (χ2v) is 4.39. The first-order valence-corrected chi connectivity index (χ1v) is 5.62. The van der Waals surface area contributed by atoms with Gasteiger partial charge in [-0.15, -0.1) is 11.3 Å². The van der Waals surface area contributed by atoms with Crippen LogP contribution in [0.15, 0.2) is 29.8 Å². The molecule has 15 heavy (non-hydrogen) atoms. The molecule has 2 aromatic rings. The van der Waals surface area contributed by atoms with Crippen molar-refractivity contribution in [2.45, 2.75) is 13.5 Å². The Hall–Kier alpha value is -1.55. The van der Waals surface area contributed by atoms with E-state index < -0.39 is 0 Å². The Kier molecular flexibility index (Phi) is 2.87. The summed E-state index contributed by atoms with van der Waals surface area (Å²) in [5.41, 5.74) is 7.58. The van der Waals surface area contributed by atoms with Crippen LogP contribution in [0, 0.1) is 6.92 Å². The molecule has 3 N–H and O–H groups in total. The van der Waals surface area contributed by atoms with Crippen LogP contribution >= 0.6 is 11.3 Å². The minimum atomic E-state index is 0.777. The molecule has 3 nitrogen and oxygen atoms in total. The average molecular weight is 219 g/mol. The summed E-state index contributed by atoms with van der Waals surface area (Å²) >= 11 is 1.73. The van der Waals surface area contributed by atoms with Crippen LogP contribution in [0.1, 0.15) is 10.4 Å². The maximum absolute atomic E-state index is 5.79. The van der Waals surface area contributed by atoms with Crippen molar-refractivity contribution in [3.05, 3.63) is 40.2 Å². The monoisotopic (exact) mass is 219 g/mol. The van der Waals surface area contributed by atoms with Crippen LogP contribution in [0.2, 0.25) is 0 Å². The minimum Gasteiger partial charge on any atom is -0.398 e. The average Bonchev–Trinajstić information content (AvgIpc) is 2.73. The minimum absolute atomic E-state index is 0.777. The van der Waals surface area contributed by atoms with Crippen molar-refractivity contribution >= 4 is 22.8 Å². The highest BCUT2D eigenvalue weighted by Gasteiger charge is 1.98. The fourth-order valence-electron chi connectivity index (χ4n) is 1.23. The van der Waals surface area contributed by atoms with E-state index in [2.05, 4.69) is 21.7 Å². The van der Waals surface area contributed by atoms with E-state index in [4.69, 9.17) is 5.73 Å². The molecule has 0 unspecified atom stereocenters. The van der Waals surface area contributed by atoms with Gasteiger partial charge in [0.15, 0.2) is 0 Å². The van der Waals surface area contributed by atoms with Crippen LogP contribution in [0.5, 0.6) is 0 Å². The Labute approximate surface area is 93.0 Å². The second-order valence-electron chi connectivity index (χ2n) is 3.36. The van der Waals surface area contributed by atoms with Gasteiger partial charge in [-0.1, -0.05) is 6.07 Å². The fourth-order valence-corrected chi connectivity index (χ4v) is 1.87. The lowest BCUT2D eigenvalue weighted by Crippen LogP contribution is -2.01. The number of aryl methyl sites for hydroxylation is 1. The lowest BCUT2D eigenvalue weighted by molar-refractivity contribution is 1.13. The quantitative estimate of drug-likeness (QED) is 0.834. The molecule has 0 saturated carbocycles. The summed E-state index contributed by atoms with van der Waals surface area (Å²) in [5.74, 6) is 0.825. The van der Waals surface area contributed by atoms with E-state index in [0.29, 0.717) is 0 Å². The largest absolute Gasteiger partial charge is 0.398 e. The number of rotatable bonds is 3. The van der Waals surface area contributed by atoms with E-state index in [9.17, 15) is 0 Å². The van der Waals surface area contributed by atoms with Crippen molar-refractivity contribution in [2.24, 2.45) is 0 Å². The van der Waals surface area contributed by atoms with Crippen LogP contribution in [0.25, 0.3) is 0 Å². The molecular formula is C11H13N3S. The van der Waals surface area contributed by atoms with Gasteiger partial charge in [0.25, 0.3) is 0 Å². The van der Waals surface area contributed by atoms with E-state index >= 15 is 0 Å².